The molecule has 2 N–H and O–H groups in total. The van der Waals surface area contributed by atoms with Gasteiger partial charge in [-0.05, 0) is 55.9 Å². The van der Waals surface area contributed by atoms with Crippen LogP contribution in [0.1, 0.15) is 51.4 Å². The fraction of sp³-hybridized carbons (Fsp3) is 0.591. The number of carboxylic acid groups (broad SMARTS) is 1. The fourth-order valence-corrected chi connectivity index (χ4v) is 5.22. The van der Waals surface area contributed by atoms with Gasteiger partial charge >= 0.3 is 5.97 Å². The molecule has 29 heavy (non-hydrogen) atoms. The van der Waals surface area contributed by atoms with E-state index < -0.39 is 12.0 Å². The van der Waals surface area contributed by atoms with Gasteiger partial charge in [-0.2, -0.15) is 0 Å². The van der Waals surface area contributed by atoms with Crippen LogP contribution < -0.4 is 10.2 Å². The lowest BCUT2D eigenvalue weighted by Gasteiger charge is -2.32. The van der Waals surface area contributed by atoms with Gasteiger partial charge in [-0.15, -0.1) is 0 Å². The van der Waals surface area contributed by atoms with Gasteiger partial charge in [0.1, 0.15) is 6.04 Å². The number of aliphatic carboxylic acids is 1. The molecule has 2 aliphatic heterocycles. The van der Waals surface area contributed by atoms with E-state index in [0.29, 0.717) is 37.0 Å². The molecule has 3 fully saturated rings. The van der Waals surface area contributed by atoms with E-state index in [1.54, 1.807) is 4.90 Å². The van der Waals surface area contributed by atoms with Crippen LogP contribution in [0.3, 0.4) is 0 Å². The molecule has 0 aromatic heterocycles. The second kappa shape index (κ2) is 8.53. The largest absolute Gasteiger partial charge is 0.480 e. The van der Waals surface area contributed by atoms with Gasteiger partial charge in [0.05, 0.1) is 0 Å². The van der Waals surface area contributed by atoms with Gasteiger partial charge in [0.15, 0.2) is 0 Å². The monoisotopic (exact) mass is 399 g/mol. The zero-order valence-electron chi connectivity index (χ0n) is 16.7. The lowest BCUT2D eigenvalue weighted by atomic mass is 9.85. The number of amides is 2. The molecule has 3 aliphatic rings. The number of fused-ring (bicyclic) bond motifs is 1. The zero-order valence-corrected chi connectivity index (χ0v) is 16.7. The van der Waals surface area contributed by atoms with Crippen molar-refractivity contribution in [1.29, 1.82) is 0 Å². The summed E-state index contributed by atoms with van der Waals surface area (Å²) in [6.45, 7) is 1.22. The Labute approximate surface area is 171 Å². The number of carboxylic acids is 1. The Kier molecular flexibility index (Phi) is 5.85. The lowest BCUT2D eigenvalue weighted by molar-refractivity contribution is -0.143. The highest BCUT2D eigenvalue weighted by atomic mass is 16.4. The standard InChI is InChI=1S/C22H29N3O4/c26-20(23-16-7-9-17(10-8-16)24-12-3-6-21(24)27)11-13-25-18-5-2-1-4-15(18)14-19(25)22(28)29/h7-10,15,18-19H,1-6,11-14H2,(H,23,26)(H,28,29). The maximum Gasteiger partial charge on any atom is 0.320 e. The van der Waals surface area contributed by atoms with Crippen molar-refractivity contribution in [3.63, 3.8) is 0 Å². The van der Waals surface area contributed by atoms with Gasteiger partial charge in [-0.3, -0.25) is 19.3 Å². The average Bonchev–Trinajstić information content (AvgIpc) is 3.30. The van der Waals surface area contributed by atoms with Gasteiger partial charge < -0.3 is 15.3 Å². The van der Waals surface area contributed by atoms with Gasteiger partial charge in [0, 0.05) is 43.3 Å². The lowest BCUT2D eigenvalue weighted by Crippen LogP contribution is -2.43. The number of nitrogens with zero attached hydrogens (tertiary/aromatic N) is 2. The van der Waals surface area contributed by atoms with Crippen molar-refractivity contribution in [1.82, 2.24) is 4.90 Å². The second-order valence-electron chi connectivity index (χ2n) is 8.43. The Balaban J connectivity index is 1.32. The van der Waals surface area contributed by atoms with Crippen LogP contribution in [0.25, 0.3) is 0 Å². The molecule has 0 bridgehead atoms. The molecule has 7 heteroatoms. The highest BCUT2D eigenvalue weighted by molar-refractivity contribution is 5.96. The normalized spacial score (nSPS) is 27.1. The van der Waals surface area contributed by atoms with E-state index in [1.807, 2.05) is 29.2 Å². The van der Waals surface area contributed by atoms with Crippen LogP contribution >= 0.6 is 0 Å². The summed E-state index contributed by atoms with van der Waals surface area (Å²) in [6.07, 6.45) is 6.91. The first kappa shape index (κ1) is 19.9. The summed E-state index contributed by atoms with van der Waals surface area (Å²) in [4.78, 5) is 39.8. The molecule has 7 nitrogen and oxygen atoms in total. The first-order valence-corrected chi connectivity index (χ1v) is 10.7. The van der Waals surface area contributed by atoms with Crippen molar-refractivity contribution < 1.29 is 19.5 Å². The average molecular weight is 399 g/mol. The molecule has 1 aromatic carbocycles. The molecule has 2 saturated heterocycles. The third-order valence-corrected chi connectivity index (χ3v) is 6.64. The Morgan fingerprint density at radius 2 is 1.86 bits per heavy atom. The summed E-state index contributed by atoms with van der Waals surface area (Å²) < 4.78 is 0. The molecule has 0 spiro atoms. The first-order valence-electron chi connectivity index (χ1n) is 10.7. The number of anilines is 2. The molecule has 1 saturated carbocycles. The maximum absolute atomic E-state index is 12.4. The SMILES string of the molecule is O=C(CCN1C(C(=O)O)CC2CCCCC21)Nc1ccc(N2CCCC2=O)cc1. The summed E-state index contributed by atoms with van der Waals surface area (Å²) in [5.74, 6) is -0.291. The number of carbonyl (C=O) groups is 3. The Bertz CT molecular complexity index is 779. The van der Waals surface area contributed by atoms with Crippen molar-refractivity contribution in [2.24, 2.45) is 5.92 Å². The number of likely N-dealkylation sites (tertiary alicyclic amines) is 1. The number of benzene rings is 1. The van der Waals surface area contributed by atoms with E-state index in [9.17, 15) is 19.5 Å². The smallest absolute Gasteiger partial charge is 0.320 e. The summed E-state index contributed by atoms with van der Waals surface area (Å²) in [6, 6.07) is 7.17. The van der Waals surface area contributed by atoms with E-state index in [0.717, 1.165) is 37.9 Å². The fourth-order valence-electron chi connectivity index (χ4n) is 5.22. The molecular weight excluding hydrogens is 370 g/mol. The van der Waals surface area contributed by atoms with Crippen LogP contribution in [0.5, 0.6) is 0 Å². The molecule has 2 amide bonds. The van der Waals surface area contributed by atoms with Crippen molar-refractivity contribution in [2.45, 2.75) is 63.5 Å². The summed E-state index contributed by atoms with van der Waals surface area (Å²) in [5.41, 5.74) is 1.55. The third kappa shape index (κ3) is 4.29. The van der Waals surface area contributed by atoms with E-state index >= 15 is 0 Å². The Hall–Kier alpha value is -2.41. The van der Waals surface area contributed by atoms with Gasteiger partial charge in [0.25, 0.3) is 0 Å². The van der Waals surface area contributed by atoms with E-state index in [1.165, 1.54) is 6.42 Å². The number of carbonyl (C=O) groups excluding carboxylic acids is 2. The van der Waals surface area contributed by atoms with Gasteiger partial charge in [0.2, 0.25) is 11.8 Å². The van der Waals surface area contributed by atoms with E-state index in [-0.39, 0.29) is 18.2 Å². The highest BCUT2D eigenvalue weighted by Crippen LogP contribution is 2.39. The number of rotatable bonds is 6. The van der Waals surface area contributed by atoms with Crippen LogP contribution in [-0.2, 0) is 14.4 Å². The van der Waals surface area contributed by atoms with Crippen LogP contribution in [-0.4, -0.2) is 53.0 Å². The van der Waals surface area contributed by atoms with Crippen LogP contribution in [0.4, 0.5) is 11.4 Å². The highest BCUT2D eigenvalue weighted by Gasteiger charge is 2.44. The number of nitrogens with one attached hydrogen (secondary N) is 1. The van der Waals surface area contributed by atoms with Crippen molar-refractivity contribution >= 4 is 29.2 Å². The quantitative estimate of drug-likeness (QED) is 0.768. The predicted molar refractivity (Wildman–Crippen MR) is 110 cm³/mol. The topological polar surface area (TPSA) is 89.9 Å². The maximum atomic E-state index is 12.4. The molecule has 1 aromatic rings. The minimum Gasteiger partial charge on any atom is -0.480 e. The molecule has 1 aliphatic carbocycles. The molecule has 0 radical (unpaired) electrons. The minimum atomic E-state index is -0.771. The van der Waals surface area contributed by atoms with Crippen molar-refractivity contribution in [3.8, 4) is 0 Å². The Morgan fingerprint density at radius 1 is 1.10 bits per heavy atom. The molecular formula is C22H29N3O4. The van der Waals surface area contributed by atoms with Gasteiger partial charge in [-0.25, -0.2) is 0 Å². The van der Waals surface area contributed by atoms with Crippen molar-refractivity contribution in [2.75, 3.05) is 23.3 Å². The summed E-state index contributed by atoms with van der Waals surface area (Å²) >= 11 is 0. The van der Waals surface area contributed by atoms with Crippen LogP contribution in [0.15, 0.2) is 24.3 Å². The molecule has 156 valence electrons. The summed E-state index contributed by atoms with van der Waals surface area (Å²) in [5, 5.41) is 12.5. The van der Waals surface area contributed by atoms with Crippen LogP contribution in [0, 0.1) is 5.92 Å². The Morgan fingerprint density at radius 3 is 2.55 bits per heavy atom. The molecule has 3 unspecified atom stereocenters. The third-order valence-electron chi connectivity index (χ3n) is 6.64. The zero-order chi connectivity index (χ0) is 20.4. The van der Waals surface area contributed by atoms with Gasteiger partial charge in [-0.1, -0.05) is 12.8 Å². The minimum absolute atomic E-state index is 0.113. The molecule has 4 rings (SSSR count). The van der Waals surface area contributed by atoms with E-state index in [2.05, 4.69) is 5.32 Å². The number of hydrogen-bond donors (Lipinski definition) is 2. The molecule has 3 atom stereocenters. The second-order valence-corrected chi connectivity index (χ2v) is 8.43. The first-order chi connectivity index (χ1) is 14.0. The van der Waals surface area contributed by atoms with Crippen molar-refractivity contribution in [3.05, 3.63) is 24.3 Å². The van der Waals surface area contributed by atoms with Crippen LogP contribution in [0.2, 0.25) is 0 Å². The number of hydrogen-bond acceptors (Lipinski definition) is 4. The van der Waals surface area contributed by atoms with E-state index in [4.69, 9.17) is 0 Å². The predicted octanol–water partition coefficient (Wildman–Crippen LogP) is 2.86. The molecule has 2 heterocycles. The summed E-state index contributed by atoms with van der Waals surface area (Å²) in [7, 11) is 0.